The van der Waals surface area contributed by atoms with Crippen LogP contribution in [0.3, 0.4) is 0 Å². The number of amides is 1. The van der Waals surface area contributed by atoms with Crippen LogP contribution in [0.2, 0.25) is 0 Å². The van der Waals surface area contributed by atoms with Crippen LogP contribution in [-0.4, -0.2) is 17.0 Å². The zero-order valence-electron chi connectivity index (χ0n) is 23.6. The van der Waals surface area contributed by atoms with Gasteiger partial charge in [-0.1, -0.05) is 102 Å². The molecule has 1 N–H and O–H groups in total. The van der Waals surface area contributed by atoms with Crippen molar-refractivity contribution < 1.29 is 9.36 Å². The third-order valence-electron chi connectivity index (χ3n) is 6.59. The number of aryl methyl sites for hydroxylation is 2. The molecule has 202 valence electrons. The summed E-state index contributed by atoms with van der Waals surface area (Å²) in [6.45, 7) is 3.97. The smallest absolute Gasteiger partial charge is 0.243 e. The molecule has 1 aromatic heterocycles. The van der Waals surface area contributed by atoms with Crippen LogP contribution < -0.4 is 9.88 Å². The predicted molar refractivity (Wildman–Crippen MR) is 152 cm³/mol. The lowest BCUT2D eigenvalue weighted by Crippen LogP contribution is -2.25. The van der Waals surface area contributed by atoms with Gasteiger partial charge in [0.2, 0.25) is 12.2 Å². The first kappa shape index (κ1) is 31.8. The maximum Gasteiger partial charge on any atom is 0.243 e. The van der Waals surface area contributed by atoms with Gasteiger partial charge in [-0.2, -0.15) is 0 Å². The molecule has 0 aliphatic rings. The molecule has 0 aliphatic heterocycles. The average molecular weight is 497 g/mol. The van der Waals surface area contributed by atoms with Crippen LogP contribution in [0.4, 0.5) is 0 Å². The van der Waals surface area contributed by atoms with Crippen LogP contribution in [0, 0.1) is 23.7 Å². The number of carbonyl (C=O) groups excluding carboxylic acids is 1. The highest BCUT2D eigenvalue weighted by Crippen LogP contribution is 2.11. The summed E-state index contributed by atoms with van der Waals surface area (Å²) in [5.41, 5.74) is 0. The monoisotopic (exact) mass is 496 g/mol. The van der Waals surface area contributed by atoms with E-state index in [1.54, 1.807) is 0 Å². The van der Waals surface area contributed by atoms with Gasteiger partial charge in [0, 0.05) is 32.2 Å². The number of nitrogens with one attached hydrogen (secondary N) is 1. The van der Waals surface area contributed by atoms with Crippen molar-refractivity contribution in [2.75, 3.05) is 6.54 Å². The predicted octanol–water partition coefficient (Wildman–Crippen LogP) is 7.26. The Morgan fingerprint density at radius 2 is 1.28 bits per heavy atom. The molecule has 1 heterocycles. The topological polar surface area (TPSA) is 37.9 Å². The molecule has 0 saturated carbocycles. The summed E-state index contributed by atoms with van der Waals surface area (Å²) in [5.74, 6) is 12.6. The fourth-order valence-corrected chi connectivity index (χ4v) is 4.33. The summed E-state index contributed by atoms with van der Waals surface area (Å²) in [6, 6.07) is 0. The van der Waals surface area contributed by atoms with Gasteiger partial charge in [-0.05, 0) is 31.1 Å². The van der Waals surface area contributed by atoms with Crippen molar-refractivity contribution >= 4 is 5.91 Å². The number of hydrogen-bond donors (Lipinski definition) is 1. The van der Waals surface area contributed by atoms with E-state index in [-0.39, 0.29) is 5.91 Å². The zero-order valence-corrected chi connectivity index (χ0v) is 23.6. The average Bonchev–Trinajstić information content (AvgIpc) is 3.29. The first-order valence-electron chi connectivity index (χ1n) is 15.0. The van der Waals surface area contributed by atoms with Crippen molar-refractivity contribution in [1.82, 2.24) is 9.88 Å². The summed E-state index contributed by atoms with van der Waals surface area (Å²) in [6.07, 6.45) is 30.4. The molecule has 1 rings (SSSR count). The Bertz CT molecular complexity index is 775. The van der Waals surface area contributed by atoms with E-state index in [1.807, 2.05) is 17.8 Å². The molecule has 1 aromatic rings. The minimum absolute atomic E-state index is 0.192. The highest BCUT2D eigenvalue weighted by Gasteiger charge is 2.03. The van der Waals surface area contributed by atoms with Gasteiger partial charge in [0.25, 0.3) is 0 Å². The molecule has 0 radical (unpaired) electrons. The van der Waals surface area contributed by atoms with Crippen LogP contribution in [0.5, 0.6) is 0 Å². The molecular weight excluding hydrogens is 442 g/mol. The molecule has 36 heavy (non-hydrogen) atoms. The van der Waals surface area contributed by atoms with Crippen molar-refractivity contribution in [2.24, 2.45) is 7.05 Å². The summed E-state index contributed by atoms with van der Waals surface area (Å²) < 4.78 is 4.17. The number of hydrogen-bond acceptors (Lipinski definition) is 1. The van der Waals surface area contributed by atoms with E-state index in [1.165, 1.54) is 83.5 Å². The Kier molecular flexibility index (Phi) is 21.7. The summed E-state index contributed by atoms with van der Waals surface area (Å²) in [5, 5.41) is 3.04. The van der Waals surface area contributed by atoms with E-state index in [2.05, 4.69) is 53.0 Å². The molecule has 0 saturated heterocycles. The Hall–Kier alpha value is -2.20. The molecule has 0 aliphatic carbocycles. The van der Waals surface area contributed by atoms with E-state index in [4.69, 9.17) is 0 Å². The molecule has 4 heteroatoms. The van der Waals surface area contributed by atoms with Gasteiger partial charge in [-0.25, -0.2) is 9.13 Å². The lowest BCUT2D eigenvalue weighted by Gasteiger charge is -2.04. The van der Waals surface area contributed by atoms with Gasteiger partial charge >= 0.3 is 0 Å². The largest absolute Gasteiger partial charge is 0.356 e. The van der Waals surface area contributed by atoms with Crippen LogP contribution in [-0.2, 0) is 18.4 Å². The molecule has 4 nitrogen and oxygen atoms in total. The fourth-order valence-electron chi connectivity index (χ4n) is 4.33. The maximum absolute atomic E-state index is 11.9. The first-order chi connectivity index (χ1) is 17.7. The molecule has 0 aromatic carbocycles. The lowest BCUT2D eigenvalue weighted by molar-refractivity contribution is -0.671. The molecule has 0 fully saturated rings. The highest BCUT2D eigenvalue weighted by molar-refractivity contribution is 5.75. The Morgan fingerprint density at radius 1 is 0.750 bits per heavy atom. The minimum Gasteiger partial charge on any atom is -0.356 e. The van der Waals surface area contributed by atoms with Gasteiger partial charge in [0.15, 0.2) is 0 Å². The number of unbranched alkanes of at least 4 members (excludes halogenated alkanes) is 16. The number of carbonyl (C=O) groups is 1. The van der Waals surface area contributed by atoms with E-state index in [9.17, 15) is 4.79 Å². The molecular formula is C32H54N3O+. The molecule has 1 amide bonds. The minimum atomic E-state index is 0.192. The Morgan fingerprint density at radius 3 is 1.81 bits per heavy atom. The van der Waals surface area contributed by atoms with Gasteiger partial charge in [-0.3, -0.25) is 4.79 Å². The van der Waals surface area contributed by atoms with Crippen molar-refractivity contribution in [2.45, 2.75) is 142 Å². The van der Waals surface area contributed by atoms with Gasteiger partial charge in [0.1, 0.15) is 12.4 Å². The lowest BCUT2D eigenvalue weighted by atomic mass is 10.1. The van der Waals surface area contributed by atoms with E-state index in [0.29, 0.717) is 6.42 Å². The van der Waals surface area contributed by atoms with Crippen LogP contribution >= 0.6 is 0 Å². The SMILES string of the molecule is CCCCCCCCCCCCC#CC#CCCCCCCCCC(=O)NCCCn1cc[n+](C)c1. The second-order valence-electron chi connectivity index (χ2n) is 10.2. The summed E-state index contributed by atoms with van der Waals surface area (Å²) >= 11 is 0. The van der Waals surface area contributed by atoms with Crippen molar-refractivity contribution in [3.8, 4) is 23.7 Å². The second kappa shape index (κ2) is 24.5. The Labute approximate surface area is 223 Å². The van der Waals surface area contributed by atoms with Crippen molar-refractivity contribution in [3.63, 3.8) is 0 Å². The van der Waals surface area contributed by atoms with Crippen LogP contribution in [0.1, 0.15) is 135 Å². The Balaban J connectivity index is 1.79. The third kappa shape index (κ3) is 21.1. The van der Waals surface area contributed by atoms with Crippen LogP contribution in [0.15, 0.2) is 18.7 Å². The summed E-state index contributed by atoms with van der Waals surface area (Å²) in [4.78, 5) is 11.9. The van der Waals surface area contributed by atoms with E-state index < -0.39 is 0 Å². The van der Waals surface area contributed by atoms with Gasteiger partial charge in [0.05, 0.1) is 13.6 Å². The van der Waals surface area contributed by atoms with E-state index in [0.717, 1.165) is 51.6 Å². The first-order valence-corrected chi connectivity index (χ1v) is 15.0. The van der Waals surface area contributed by atoms with E-state index >= 15 is 0 Å². The van der Waals surface area contributed by atoms with Gasteiger partial charge < -0.3 is 5.32 Å². The molecule has 0 unspecified atom stereocenters. The standard InChI is InChI=1S/C32H53N3O/c1-3-4-5-6-7-8-9-10-11-12-13-14-15-16-17-18-19-20-21-22-23-24-26-32(36)33-27-25-28-35-30-29-34(2)31-35/h29-31H,3-13,18-28H2,1-2H3/p+1. The zero-order chi connectivity index (χ0) is 25.9. The second-order valence-corrected chi connectivity index (χ2v) is 10.2. The van der Waals surface area contributed by atoms with Crippen LogP contribution in [0.25, 0.3) is 0 Å². The molecule has 0 bridgehead atoms. The summed E-state index contributed by atoms with van der Waals surface area (Å²) in [7, 11) is 2.02. The molecule has 0 spiro atoms. The van der Waals surface area contributed by atoms with Gasteiger partial charge in [-0.15, -0.1) is 0 Å². The normalized spacial score (nSPS) is 10.4. The fraction of sp³-hybridized carbons (Fsp3) is 0.750. The number of imidazole rings is 1. The maximum atomic E-state index is 11.9. The van der Waals surface area contributed by atoms with Crippen molar-refractivity contribution in [1.29, 1.82) is 0 Å². The third-order valence-corrected chi connectivity index (χ3v) is 6.59. The highest BCUT2D eigenvalue weighted by atomic mass is 16.1. The number of rotatable bonds is 22. The quantitative estimate of drug-likeness (QED) is 0.102. The molecule has 0 atom stereocenters. The van der Waals surface area contributed by atoms with Crippen molar-refractivity contribution in [3.05, 3.63) is 18.7 Å². The number of nitrogens with zero attached hydrogens (tertiary/aromatic N) is 2. The number of aromatic nitrogens is 2.